The number of carboxylic acids is 2. The van der Waals surface area contributed by atoms with Gasteiger partial charge in [-0.15, -0.1) is 0 Å². The highest BCUT2D eigenvalue weighted by molar-refractivity contribution is 5.88. The maximum Gasteiger partial charge on any atom is 0.413 e. The molecule has 25 heteroatoms. The largest absolute Gasteiger partial charge is 0.481 e. The normalized spacial score (nSPS) is 20.1. The van der Waals surface area contributed by atoms with Crippen molar-refractivity contribution in [3.8, 4) is 0 Å². The van der Waals surface area contributed by atoms with Gasteiger partial charge in [0.15, 0.2) is 11.3 Å². The average Bonchev–Trinajstić information content (AvgIpc) is 1.65. The minimum Gasteiger partial charge on any atom is -0.481 e. The number of ketones is 8. The molecular weight excluding hydrogens is 1830 g/mol. The summed E-state index contributed by atoms with van der Waals surface area (Å²) in [7, 11) is 4.61. The number of nitrogens with zero attached hydrogens (tertiary/aromatic N) is 1. The van der Waals surface area contributed by atoms with Crippen LogP contribution in [0.15, 0.2) is 60.7 Å². The van der Waals surface area contributed by atoms with E-state index in [9.17, 15) is 75.5 Å². The molecule has 5 saturated carbocycles. The summed E-state index contributed by atoms with van der Waals surface area (Å²) in [6.45, 7) is 69.8. The molecule has 0 aromatic heterocycles. The Hall–Kier alpha value is -7.22. The molecule has 0 amide bonds. The fourth-order valence-corrected chi connectivity index (χ4v) is 17.9. The van der Waals surface area contributed by atoms with E-state index in [1.807, 2.05) is 165 Å². The van der Waals surface area contributed by atoms with Crippen LogP contribution < -0.4 is 5.32 Å². The second-order valence-corrected chi connectivity index (χ2v) is 44.4. The fraction of sp³-hybridized carbons (Fsp3) is 0.790. The molecule has 5 aliphatic carbocycles. The Morgan fingerprint density at radius 2 is 0.729 bits per heavy atom. The topological polar surface area (TPSA) is 324 Å². The number of Topliss-reactive ketones (excluding diaryl/α,β-unsaturated/α-hetero) is 8. The highest BCUT2D eigenvalue weighted by Crippen LogP contribution is 2.52. The molecule has 8 aliphatic rings. The number of hydrogen-bond donors (Lipinski definition) is 3. The van der Waals surface area contributed by atoms with Gasteiger partial charge in [0.05, 0.1) is 83.6 Å². The molecule has 8 fully saturated rings. The van der Waals surface area contributed by atoms with Gasteiger partial charge in [-0.05, 0) is 321 Å². The summed E-state index contributed by atoms with van der Waals surface area (Å²) >= 11 is 0. The second-order valence-electron chi connectivity index (χ2n) is 44.4. The second kappa shape index (κ2) is 67.1. The van der Waals surface area contributed by atoms with Crippen molar-refractivity contribution in [1.29, 1.82) is 0 Å². The molecule has 2 aromatic carbocycles. The van der Waals surface area contributed by atoms with Crippen LogP contribution in [0.3, 0.4) is 0 Å². The number of halogens is 3. The zero-order chi connectivity index (χ0) is 113. The molecule has 10 rings (SSSR count). The number of alkyl halides is 3. The predicted molar refractivity (Wildman–Crippen MR) is 578 cm³/mol. The number of likely N-dealkylation sites (tertiary alicyclic amines) is 1. The van der Waals surface area contributed by atoms with Gasteiger partial charge in [0.25, 0.3) is 0 Å². The first-order chi connectivity index (χ1) is 66.6. The molecule has 3 aliphatic heterocycles. The van der Waals surface area contributed by atoms with Gasteiger partial charge in [0.2, 0.25) is 0 Å². The summed E-state index contributed by atoms with van der Waals surface area (Å²) in [5.41, 5.74) is -2.31. The van der Waals surface area contributed by atoms with Gasteiger partial charge in [-0.25, -0.2) is 0 Å². The van der Waals surface area contributed by atoms with Crippen LogP contribution in [-0.4, -0.2) is 175 Å². The van der Waals surface area contributed by atoms with E-state index in [1.54, 1.807) is 55.4 Å². The zero-order valence-electron chi connectivity index (χ0n) is 97.8. The number of ether oxygens (including phenoxy) is 5. The van der Waals surface area contributed by atoms with Crippen molar-refractivity contribution in [2.45, 2.75) is 477 Å². The van der Waals surface area contributed by atoms with Gasteiger partial charge in [-0.2, -0.15) is 13.2 Å². The summed E-state index contributed by atoms with van der Waals surface area (Å²) in [5, 5.41) is 19.9. The summed E-state index contributed by atoms with van der Waals surface area (Å²) in [4.78, 5) is 147. The first-order valence-electron chi connectivity index (χ1n) is 54.3. The summed E-state index contributed by atoms with van der Waals surface area (Å²) < 4.78 is 61.2. The van der Waals surface area contributed by atoms with Gasteiger partial charge in [-0.3, -0.25) is 67.2 Å². The van der Waals surface area contributed by atoms with Gasteiger partial charge >= 0.3 is 36.0 Å². The summed E-state index contributed by atoms with van der Waals surface area (Å²) in [6.07, 6.45) is 29.2. The lowest BCUT2D eigenvalue weighted by atomic mass is 9.70. The highest BCUT2D eigenvalue weighted by atomic mass is 19.4. The Morgan fingerprint density at radius 1 is 0.410 bits per heavy atom. The van der Waals surface area contributed by atoms with Crippen molar-refractivity contribution in [2.75, 3.05) is 60.8 Å². The minimum absolute atomic E-state index is 0.00231. The smallest absolute Gasteiger partial charge is 0.413 e. The van der Waals surface area contributed by atoms with Crippen LogP contribution in [-0.2, 0) is 98.9 Å². The van der Waals surface area contributed by atoms with E-state index in [4.69, 9.17) is 33.9 Å². The number of aliphatic carboxylic acids is 2. The average molecular weight is 2040 g/mol. The van der Waals surface area contributed by atoms with E-state index < -0.39 is 40.3 Å². The SMILES string of the molecule is CC.CC(=O)C1(C)CCCN1C.CCC(C)(C(C)=O)C(C)C.CCC(C)(CC(C)C)C(=O)O.CCC(C)(Cc1ccccc1)C(=O)O.CCC(C)(Cc1ccccc1)C(C)=O.CCC1(C(=O)OC(C)(C)C)CC1.CCC1(C(=O)OC)CCCC1.CCC1(C(C)=O)CCCC1.CCC1(C(C)=O)CCCCC1.CCC1(C(C)=O)COC1.CCC1(C(C)=O)COC1.CCOC(=O)C1(CC)CC1.CNC(C)(C(C)=O)C(F)(F)F. The number of carbonyl (C=O) groups excluding carboxylic acids is 11. The molecule has 3 N–H and O–H groups in total. The third-order valence-corrected chi connectivity index (χ3v) is 33.3. The molecule has 6 unspecified atom stereocenters. The van der Waals surface area contributed by atoms with Crippen LogP contribution in [0.5, 0.6) is 0 Å². The molecule has 3 heterocycles. The first-order valence-corrected chi connectivity index (χ1v) is 54.3. The number of benzene rings is 2. The number of carboxylic acid groups (broad SMARTS) is 2. The third kappa shape index (κ3) is 45.7. The van der Waals surface area contributed by atoms with Crippen molar-refractivity contribution in [2.24, 2.45) is 71.4 Å². The number of hydrogen-bond acceptors (Lipinski definition) is 20. The molecule has 144 heavy (non-hydrogen) atoms. The van der Waals surface area contributed by atoms with Crippen molar-refractivity contribution < 1.29 is 109 Å². The van der Waals surface area contributed by atoms with E-state index >= 15 is 0 Å². The summed E-state index contributed by atoms with van der Waals surface area (Å²) in [5.74, 6) is 0.852. The number of methoxy groups -OCH3 is 1. The number of nitrogens with one attached hydrogen (secondary N) is 1. The summed E-state index contributed by atoms with van der Waals surface area (Å²) in [6, 6.07) is 20.0. The van der Waals surface area contributed by atoms with Gasteiger partial charge in [0.1, 0.15) is 46.1 Å². The first kappa shape index (κ1) is 143. The standard InChI is InChI=1S/C13H18O.C12H16O2.C10H18O2.C10H18O.C9H16O2.C9H18O2.C9H16O.C9H18O.C8H15NO.C8H14O2.2C7H12O2.C6H10F3NO.C2H6/c1-4-13(3,11(2)14)10-12-8-6-5-7-9-12;1-3-12(2,11(13)14)9-10-7-5-4-6-8-10;1-5-10(6-7-10)8(11)12-9(2,3)4;1-3-10(9(2)11)7-5-4-6-8-10;1-3-9(8(10)11-2)6-4-5-7-9;1-5-9(4,8(10)11)6-7(2)3;1-3-9(8(2)10)6-4-5-7-9;1-6-9(5,7(2)3)8(4)10;1-7(10)8(2)5-4-6-9(8)3;1-3-8(5-6-8)7(9)10-4-2;2*1-3-7(6(2)8)4-9-5-7;1-4(11)5(2,10-3)6(7,8)9;1-2/h5-9H,4,10H2,1-3H3;4-8H,3,9H2,1-2H3,(H,13,14);5-7H2,1-4H3;3-8H2,1-2H3;3-7H2,1-2H3;7H,5-6H2,1-4H3,(H,10,11);3-7H2,1-2H3;7H,6H2,1-5H3;4-6H2,1-3H3;3-6H2,1-2H3;2*3-5H2,1-2H3;10H,1-3H3;1-2H3. The van der Waals surface area contributed by atoms with Crippen molar-refractivity contribution in [3.63, 3.8) is 0 Å². The molecule has 6 atom stereocenters. The van der Waals surface area contributed by atoms with E-state index in [2.05, 4.69) is 86.3 Å². The van der Waals surface area contributed by atoms with Crippen molar-refractivity contribution in [3.05, 3.63) is 71.8 Å². The fourth-order valence-electron chi connectivity index (χ4n) is 17.9. The quantitative estimate of drug-likeness (QED) is 0.0441. The molecule has 2 aromatic rings. The van der Waals surface area contributed by atoms with Crippen LogP contribution in [0.25, 0.3) is 0 Å². The van der Waals surface area contributed by atoms with E-state index in [-0.39, 0.29) is 95.1 Å². The third-order valence-electron chi connectivity index (χ3n) is 33.3. The predicted octanol–water partition coefficient (Wildman–Crippen LogP) is 28.2. The molecule has 0 spiro atoms. The van der Waals surface area contributed by atoms with Crippen LogP contribution >= 0.6 is 0 Å². The molecule has 0 bridgehead atoms. The van der Waals surface area contributed by atoms with Gasteiger partial charge in [0, 0.05) is 21.7 Å². The molecule has 22 nitrogen and oxygen atoms in total. The molecular formula is C119H207F3N2O20. The maximum atomic E-state index is 12.1. The van der Waals surface area contributed by atoms with Crippen molar-refractivity contribution in [1.82, 2.24) is 10.2 Å². The van der Waals surface area contributed by atoms with E-state index in [1.165, 1.54) is 57.6 Å². The molecule has 3 saturated heterocycles. The Morgan fingerprint density at radius 3 is 0.896 bits per heavy atom. The minimum atomic E-state index is -4.53. The van der Waals surface area contributed by atoms with Crippen LogP contribution in [0.2, 0.25) is 0 Å². The van der Waals surface area contributed by atoms with Crippen LogP contribution in [0.4, 0.5) is 13.2 Å². The van der Waals surface area contributed by atoms with E-state index in [0.29, 0.717) is 87.3 Å². The number of likely N-dealkylation sites (N-methyl/N-ethyl adjacent to an activating group) is 2. The monoisotopic (exact) mass is 2040 g/mol. The van der Waals surface area contributed by atoms with Gasteiger partial charge in [-0.1, -0.05) is 237 Å². The zero-order valence-corrected chi connectivity index (χ0v) is 97.8. The lowest BCUT2D eigenvalue weighted by Crippen LogP contribution is -2.57. The lowest BCUT2D eigenvalue weighted by Gasteiger charge is -2.38. The number of rotatable bonds is 33. The van der Waals surface area contributed by atoms with E-state index in [0.717, 1.165) is 181 Å². The Labute approximate surface area is 872 Å². The van der Waals surface area contributed by atoms with Crippen LogP contribution in [0.1, 0.15) is 453 Å². The molecule has 0 radical (unpaired) electrons. The Kier molecular flexibility index (Phi) is 66.6. The molecule has 834 valence electrons. The number of esters is 3. The number of carbonyl (C=O) groups is 13. The van der Waals surface area contributed by atoms with Crippen LogP contribution in [0, 0.1) is 71.4 Å². The lowest BCUT2D eigenvalue weighted by molar-refractivity contribution is -0.192. The van der Waals surface area contributed by atoms with Crippen molar-refractivity contribution >= 4 is 76.1 Å². The Balaban J connectivity index is -0.000000737. The maximum absolute atomic E-state index is 12.1. The highest BCUT2D eigenvalue weighted by Gasteiger charge is 2.55. The van der Waals surface area contributed by atoms with Gasteiger partial charge < -0.3 is 39.2 Å². The Bertz CT molecular complexity index is 3950.